The molecule has 0 saturated heterocycles. The van der Waals surface area contributed by atoms with Crippen LogP contribution in [0.5, 0.6) is 0 Å². The van der Waals surface area contributed by atoms with Crippen LogP contribution < -0.4 is 0 Å². The molecule has 1 atom stereocenters. The molecule has 1 heterocycles. The van der Waals surface area contributed by atoms with E-state index < -0.39 is 12.3 Å². The molecule has 0 fully saturated rings. The second-order valence-electron chi connectivity index (χ2n) is 2.30. The van der Waals surface area contributed by atoms with Crippen molar-refractivity contribution in [3.63, 3.8) is 0 Å². The summed E-state index contributed by atoms with van der Waals surface area (Å²) >= 11 is 1.23. The fourth-order valence-electron chi connectivity index (χ4n) is 0.822. The first kappa shape index (κ1) is 10.7. The topological polar surface area (TPSA) is 22.1 Å². The van der Waals surface area contributed by atoms with E-state index in [1.165, 1.54) is 41.3 Å². The quantitative estimate of drug-likeness (QED) is 0.783. The Balaban J connectivity index is 2.92. The number of rotatable bonds is 2. The number of halogens is 4. The van der Waals surface area contributed by atoms with Crippen LogP contribution in [0, 0.1) is 0 Å². The van der Waals surface area contributed by atoms with Crippen LogP contribution in [0.3, 0.4) is 0 Å². The molecule has 0 saturated carbocycles. The summed E-state index contributed by atoms with van der Waals surface area (Å²) in [5, 5.41) is 0. The summed E-state index contributed by atoms with van der Waals surface area (Å²) in [5.74, 6) is 0. The van der Waals surface area contributed by atoms with E-state index in [4.69, 9.17) is 0 Å². The Morgan fingerprint density at radius 1 is 1.46 bits per heavy atom. The third kappa shape index (κ3) is 2.80. The van der Waals surface area contributed by atoms with E-state index in [9.17, 15) is 13.2 Å². The van der Waals surface area contributed by atoms with Gasteiger partial charge < -0.3 is 0 Å². The molecule has 0 N–H and O–H groups in total. The molecule has 1 aromatic heterocycles. The lowest BCUT2D eigenvalue weighted by Gasteiger charge is -2.16. The molecular formula is C7H5F3INO. The molecule has 0 aliphatic heterocycles. The smallest absolute Gasteiger partial charge is 0.298 e. The number of pyridine rings is 1. The molecule has 1 rings (SSSR count). The molecule has 0 aromatic carbocycles. The van der Waals surface area contributed by atoms with Crippen LogP contribution in [0.1, 0.15) is 11.7 Å². The fraction of sp³-hybridized carbons (Fsp3) is 0.286. The van der Waals surface area contributed by atoms with Gasteiger partial charge in [0.15, 0.2) is 6.10 Å². The molecule has 1 aromatic rings. The van der Waals surface area contributed by atoms with Crippen molar-refractivity contribution in [3.05, 3.63) is 30.1 Å². The molecule has 72 valence electrons. The molecule has 0 radical (unpaired) electrons. The van der Waals surface area contributed by atoms with Gasteiger partial charge in [-0.05, 0) is 6.07 Å². The summed E-state index contributed by atoms with van der Waals surface area (Å²) in [6.07, 6.45) is -3.76. The van der Waals surface area contributed by atoms with E-state index in [1.807, 2.05) is 0 Å². The summed E-state index contributed by atoms with van der Waals surface area (Å²) in [6, 6.07) is 2.76. The normalized spacial score (nSPS) is 14.2. The van der Waals surface area contributed by atoms with E-state index in [0.29, 0.717) is 0 Å². The summed E-state index contributed by atoms with van der Waals surface area (Å²) in [4.78, 5) is 3.58. The summed E-state index contributed by atoms with van der Waals surface area (Å²) in [5.41, 5.74) is 0.00407. The van der Waals surface area contributed by atoms with Crippen LogP contribution in [-0.2, 0) is 3.07 Å². The van der Waals surface area contributed by atoms with Crippen LogP contribution in [0.4, 0.5) is 13.2 Å². The van der Waals surface area contributed by atoms with Crippen LogP contribution in [-0.4, -0.2) is 11.2 Å². The van der Waals surface area contributed by atoms with Crippen molar-refractivity contribution in [1.29, 1.82) is 0 Å². The zero-order valence-corrected chi connectivity index (χ0v) is 8.41. The minimum atomic E-state index is -4.40. The Morgan fingerprint density at radius 3 is 2.54 bits per heavy atom. The standard InChI is InChI=1S/C7H5F3INO/c8-7(9,10)6(13-11)5-2-1-3-12-4-5/h1-4,6H/t6-/m0/s1. The highest BCUT2D eigenvalue weighted by molar-refractivity contribution is 14.1. The Labute approximate surface area is 86.8 Å². The van der Waals surface area contributed by atoms with E-state index >= 15 is 0 Å². The van der Waals surface area contributed by atoms with Crippen molar-refractivity contribution in [2.24, 2.45) is 0 Å². The number of nitrogens with zero attached hydrogens (tertiary/aromatic N) is 1. The monoisotopic (exact) mass is 303 g/mol. The Hall–Kier alpha value is -0.370. The largest absolute Gasteiger partial charge is 0.419 e. The number of aromatic nitrogens is 1. The van der Waals surface area contributed by atoms with Gasteiger partial charge in [0.2, 0.25) is 0 Å². The Kier molecular flexibility index (Phi) is 3.48. The first-order valence-corrected chi connectivity index (χ1v) is 4.18. The minimum Gasteiger partial charge on any atom is -0.298 e. The van der Waals surface area contributed by atoms with Crippen molar-refractivity contribution in [1.82, 2.24) is 4.98 Å². The predicted molar refractivity (Wildman–Crippen MR) is 48.1 cm³/mol. The van der Waals surface area contributed by atoms with Gasteiger partial charge in [-0.3, -0.25) is 8.05 Å². The van der Waals surface area contributed by atoms with Crippen molar-refractivity contribution in [3.8, 4) is 0 Å². The average Bonchev–Trinajstić information content (AvgIpc) is 2.05. The van der Waals surface area contributed by atoms with Crippen LogP contribution in [0.25, 0.3) is 0 Å². The highest BCUT2D eigenvalue weighted by atomic mass is 127. The summed E-state index contributed by atoms with van der Waals surface area (Å²) in [6.45, 7) is 0. The molecule has 0 unspecified atom stereocenters. The van der Waals surface area contributed by atoms with E-state index in [-0.39, 0.29) is 5.56 Å². The number of alkyl halides is 3. The maximum Gasteiger partial charge on any atom is 0.419 e. The second kappa shape index (κ2) is 4.23. The Bertz CT molecular complexity index is 264. The van der Waals surface area contributed by atoms with Crippen LogP contribution in [0.2, 0.25) is 0 Å². The lowest BCUT2D eigenvalue weighted by Crippen LogP contribution is -2.20. The predicted octanol–water partition coefficient (Wildman–Crippen LogP) is 3.05. The average molecular weight is 303 g/mol. The highest BCUT2D eigenvalue weighted by Crippen LogP contribution is 2.36. The molecule has 0 aliphatic carbocycles. The maximum atomic E-state index is 12.2. The van der Waals surface area contributed by atoms with E-state index in [0.717, 1.165) is 6.20 Å². The van der Waals surface area contributed by atoms with Gasteiger partial charge in [-0.25, -0.2) is 0 Å². The van der Waals surface area contributed by atoms with Crippen molar-refractivity contribution < 1.29 is 16.2 Å². The Morgan fingerprint density at radius 2 is 2.15 bits per heavy atom. The molecule has 0 amide bonds. The van der Waals surface area contributed by atoms with Gasteiger partial charge in [0.05, 0.1) is 0 Å². The van der Waals surface area contributed by atoms with Crippen molar-refractivity contribution in [2.75, 3.05) is 0 Å². The van der Waals surface area contributed by atoms with Crippen LogP contribution >= 0.6 is 23.0 Å². The minimum absolute atomic E-state index is 0.00407. The molecule has 0 bridgehead atoms. The zero-order valence-electron chi connectivity index (χ0n) is 6.25. The van der Waals surface area contributed by atoms with Crippen molar-refractivity contribution >= 4 is 23.0 Å². The summed E-state index contributed by atoms with van der Waals surface area (Å²) < 4.78 is 41.1. The fourth-order valence-corrected chi connectivity index (χ4v) is 1.40. The highest BCUT2D eigenvalue weighted by Gasteiger charge is 2.41. The van der Waals surface area contributed by atoms with E-state index in [2.05, 4.69) is 8.05 Å². The molecule has 6 heteroatoms. The van der Waals surface area contributed by atoms with Gasteiger partial charge in [0.25, 0.3) is 0 Å². The number of hydrogen-bond acceptors (Lipinski definition) is 2. The van der Waals surface area contributed by atoms with Gasteiger partial charge in [-0.15, -0.1) is 0 Å². The van der Waals surface area contributed by atoms with Gasteiger partial charge in [0, 0.05) is 18.0 Å². The third-order valence-corrected chi connectivity index (χ3v) is 1.88. The SMILES string of the molecule is FC(F)(F)[C@@H](OI)c1cccnc1. The van der Waals surface area contributed by atoms with Crippen molar-refractivity contribution in [2.45, 2.75) is 12.3 Å². The molecule has 13 heavy (non-hydrogen) atoms. The van der Waals surface area contributed by atoms with Gasteiger partial charge in [0.1, 0.15) is 23.0 Å². The first-order valence-electron chi connectivity index (χ1n) is 3.29. The van der Waals surface area contributed by atoms with Gasteiger partial charge >= 0.3 is 6.18 Å². The lowest BCUT2D eigenvalue weighted by atomic mass is 10.1. The third-order valence-electron chi connectivity index (χ3n) is 1.37. The molecular weight excluding hydrogens is 298 g/mol. The second-order valence-corrected chi connectivity index (χ2v) is 2.81. The first-order chi connectivity index (χ1) is 6.05. The molecule has 0 spiro atoms. The maximum absolute atomic E-state index is 12.2. The van der Waals surface area contributed by atoms with Crippen LogP contribution in [0.15, 0.2) is 24.5 Å². The lowest BCUT2D eigenvalue weighted by molar-refractivity contribution is -0.189. The molecule has 2 nitrogen and oxygen atoms in total. The van der Waals surface area contributed by atoms with Gasteiger partial charge in [-0.1, -0.05) is 6.07 Å². The van der Waals surface area contributed by atoms with Gasteiger partial charge in [-0.2, -0.15) is 13.2 Å². The van der Waals surface area contributed by atoms with E-state index in [1.54, 1.807) is 0 Å². The molecule has 0 aliphatic rings. The zero-order chi connectivity index (χ0) is 9.90. The number of hydrogen-bond donors (Lipinski definition) is 0. The summed E-state index contributed by atoms with van der Waals surface area (Å²) in [7, 11) is 0.